The van der Waals surface area contributed by atoms with Crippen molar-refractivity contribution >= 4 is 0 Å². The zero-order valence-corrected chi connectivity index (χ0v) is 12.3. The Labute approximate surface area is 134 Å². The van der Waals surface area contributed by atoms with Crippen LogP contribution >= 0.6 is 0 Å². The molecule has 11 nitrogen and oxygen atoms in total. The van der Waals surface area contributed by atoms with Gasteiger partial charge in [0, 0.05) is 0 Å². The zero-order chi connectivity index (χ0) is 18.4. The Morgan fingerprint density at radius 2 is 1.62 bits per heavy atom. The van der Waals surface area contributed by atoms with Gasteiger partial charge >= 0.3 is 0 Å². The highest BCUT2D eigenvalue weighted by atomic mass is 19.1. The van der Waals surface area contributed by atoms with E-state index < -0.39 is 73.7 Å². The number of hydrogen-bond acceptors (Lipinski definition) is 11. The minimum Gasteiger partial charge on any atom is -0.394 e. The van der Waals surface area contributed by atoms with Crippen LogP contribution in [0.3, 0.4) is 0 Å². The molecule has 0 aromatic carbocycles. The summed E-state index contributed by atoms with van der Waals surface area (Å²) in [6, 6.07) is 0. The molecule has 2 aliphatic rings. The average Bonchev–Trinajstić information content (AvgIpc) is 2.53. The molecule has 1 unspecified atom stereocenters. The summed E-state index contributed by atoms with van der Waals surface area (Å²) in [6.45, 7) is -1.98. The lowest BCUT2D eigenvalue weighted by Crippen LogP contribution is -2.82. The fraction of sp³-hybridized carbons (Fsp3) is 1.00. The van der Waals surface area contributed by atoms with Crippen LogP contribution in [-0.4, -0.2) is 120 Å². The molecule has 9 N–H and O–H groups in total. The van der Waals surface area contributed by atoms with Gasteiger partial charge in [-0.2, -0.15) is 0 Å². The van der Waals surface area contributed by atoms with Crippen LogP contribution in [0.5, 0.6) is 0 Å². The van der Waals surface area contributed by atoms with Crippen molar-refractivity contribution in [2.45, 2.75) is 60.5 Å². The van der Waals surface area contributed by atoms with Crippen molar-refractivity contribution in [3.63, 3.8) is 0 Å². The van der Waals surface area contributed by atoms with Gasteiger partial charge in [-0.25, -0.2) is 4.39 Å². The van der Waals surface area contributed by atoms with Gasteiger partial charge in [-0.05, 0) is 0 Å². The first-order valence-corrected chi connectivity index (χ1v) is 7.07. The third-order valence-corrected chi connectivity index (χ3v) is 4.63. The number of alkyl halides is 1. The predicted molar refractivity (Wildman–Crippen MR) is 68.7 cm³/mol. The van der Waals surface area contributed by atoms with E-state index in [-0.39, 0.29) is 0 Å². The van der Waals surface area contributed by atoms with E-state index in [9.17, 15) is 40.1 Å². The number of aliphatic hydroxyl groups is 9. The van der Waals surface area contributed by atoms with Gasteiger partial charge in [0.25, 0.3) is 0 Å². The maximum Gasteiger partial charge on any atom is 0.225 e. The summed E-state index contributed by atoms with van der Waals surface area (Å²) in [4.78, 5) is 0. The van der Waals surface area contributed by atoms with Crippen molar-refractivity contribution in [2.75, 3.05) is 13.2 Å². The van der Waals surface area contributed by atoms with E-state index in [1.54, 1.807) is 0 Å². The molecule has 0 amide bonds. The van der Waals surface area contributed by atoms with Crippen molar-refractivity contribution in [1.29, 1.82) is 0 Å². The van der Waals surface area contributed by atoms with E-state index in [1.165, 1.54) is 0 Å². The maximum absolute atomic E-state index is 12.9. The van der Waals surface area contributed by atoms with Crippen molar-refractivity contribution in [3.8, 4) is 0 Å². The van der Waals surface area contributed by atoms with E-state index in [4.69, 9.17) is 14.9 Å². The number of aliphatic hydroxyl groups excluding tert-OH is 7. The molecular formula is C12H21FO11. The van der Waals surface area contributed by atoms with Crippen LogP contribution < -0.4 is 0 Å². The number of halogens is 1. The summed E-state index contributed by atoms with van der Waals surface area (Å²) in [6.07, 6.45) is -17.6. The normalized spacial score (nSPS) is 54.5. The molecule has 10 atom stereocenters. The van der Waals surface area contributed by atoms with Gasteiger partial charge in [0.1, 0.15) is 36.6 Å². The summed E-state index contributed by atoms with van der Waals surface area (Å²) in [7, 11) is 0. The van der Waals surface area contributed by atoms with Gasteiger partial charge in [0.15, 0.2) is 17.5 Å². The van der Waals surface area contributed by atoms with Crippen LogP contribution in [0.1, 0.15) is 0 Å². The third-order valence-electron chi connectivity index (χ3n) is 4.63. The fourth-order valence-corrected chi connectivity index (χ4v) is 3.04. The number of rotatable bonds is 3. The molecule has 24 heavy (non-hydrogen) atoms. The maximum atomic E-state index is 12.9. The van der Waals surface area contributed by atoms with Crippen molar-refractivity contribution in [3.05, 3.63) is 0 Å². The second kappa shape index (κ2) is 6.66. The second-order valence-electron chi connectivity index (χ2n) is 5.98. The van der Waals surface area contributed by atoms with E-state index in [0.717, 1.165) is 0 Å². The van der Waals surface area contributed by atoms with Crippen LogP contribution in [-0.2, 0) is 9.47 Å². The van der Waals surface area contributed by atoms with Gasteiger partial charge in [0.2, 0.25) is 6.36 Å². The topological polar surface area (TPSA) is 201 Å². The van der Waals surface area contributed by atoms with Gasteiger partial charge in [-0.1, -0.05) is 0 Å². The third kappa shape index (κ3) is 2.64. The molecule has 0 spiro atoms. The SMILES string of the molecule is OC[C@H]1O[C@H](O)[C@@](O)([C@@]2(O)CO[C@H](C(O)F)[C@@H](O)[C@@H]2O)[C@@H](O)[C@@H]1O. The molecule has 2 heterocycles. The highest BCUT2D eigenvalue weighted by Gasteiger charge is 2.70. The van der Waals surface area contributed by atoms with Gasteiger partial charge < -0.3 is 55.4 Å². The first-order valence-electron chi connectivity index (χ1n) is 7.07. The fourth-order valence-electron chi connectivity index (χ4n) is 3.04. The van der Waals surface area contributed by atoms with Crippen LogP contribution in [0.2, 0.25) is 0 Å². The molecule has 2 aliphatic heterocycles. The summed E-state index contributed by atoms with van der Waals surface area (Å²) < 4.78 is 22.3. The molecule has 142 valence electrons. The monoisotopic (exact) mass is 360 g/mol. The zero-order valence-electron chi connectivity index (χ0n) is 12.3. The Bertz CT molecular complexity index is 453. The van der Waals surface area contributed by atoms with E-state index in [0.29, 0.717) is 0 Å². The van der Waals surface area contributed by atoms with E-state index >= 15 is 0 Å². The molecule has 0 saturated carbocycles. The summed E-state index contributed by atoms with van der Waals surface area (Å²) in [5.74, 6) is 0. The lowest BCUT2D eigenvalue weighted by molar-refractivity contribution is -0.402. The Morgan fingerprint density at radius 3 is 2.12 bits per heavy atom. The Morgan fingerprint density at radius 1 is 1.04 bits per heavy atom. The van der Waals surface area contributed by atoms with Gasteiger partial charge in [-0.3, -0.25) is 0 Å². The van der Waals surface area contributed by atoms with E-state index in [1.807, 2.05) is 0 Å². The first kappa shape index (κ1) is 19.8. The molecule has 2 fully saturated rings. The minimum atomic E-state index is -3.18. The standard InChI is InChI=1S/C12H21FO11/c13-9(19)6-5(16)7(17)11(21,2-23-6)12(22)8(18)4(15)3(1-14)24-10(12)20/h3-10,14-22H,1-2H2/t3-,4-,5-,6+,7+,8+,9?,10+,11-,12-/m1/s1. The summed E-state index contributed by atoms with van der Waals surface area (Å²) in [5.41, 5.74) is -6.19. The first-order chi connectivity index (χ1) is 11.0. The highest BCUT2D eigenvalue weighted by Crippen LogP contribution is 2.42. The smallest absolute Gasteiger partial charge is 0.225 e. The van der Waals surface area contributed by atoms with Crippen molar-refractivity contribution < 1.29 is 59.8 Å². The molecule has 2 rings (SSSR count). The number of ether oxygens (including phenoxy) is 2. The molecule has 2 saturated heterocycles. The van der Waals surface area contributed by atoms with Crippen LogP contribution in [0.15, 0.2) is 0 Å². The van der Waals surface area contributed by atoms with Gasteiger partial charge in [0.05, 0.1) is 13.2 Å². The summed E-state index contributed by atoms with van der Waals surface area (Å²) in [5, 5.41) is 88.6. The quantitative estimate of drug-likeness (QED) is 0.232. The molecule has 0 aliphatic carbocycles. The molecule has 0 bridgehead atoms. The minimum absolute atomic E-state index is 0.846. The predicted octanol–water partition coefficient (Wildman–Crippen LogP) is -5.71. The van der Waals surface area contributed by atoms with Gasteiger partial charge in [-0.15, -0.1) is 0 Å². The van der Waals surface area contributed by atoms with Crippen molar-refractivity contribution in [2.24, 2.45) is 0 Å². The second-order valence-corrected chi connectivity index (χ2v) is 5.98. The Hall–Kier alpha value is -0.510. The lowest BCUT2D eigenvalue weighted by atomic mass is 9.68. The largest absolute Gasteiger partial charge is 0.394 e. The Kier molecular flexibility index (Phi) is 5.50. The summed E-state index contributed by atoms with van der Waals surface area (Å²) >= 11 is 0. The molecule has 0 aromatic heterocycles. The average molecular weight is 360 g/mol. The van der Waals surface area contributed by atoms with Crippen LogP contribution in [0.25, 0.3) is 0 Å². The number of hydrogen-bond donors (Lipinski definition) is 9. The molecule has 0 aromatic rings. The lowest BCUT2D eigenvalue weighted by Gasteiger charge is -2.56. The van der Waals surface area contributed by atoms with Crippen molar-refractivity contribution in [1.82, 2.24) is 0 Å². The van der Waals surface area contributed by atoms with E-state index in [2.05, 4.69) is 4.74 Å². The van der Waals surface area contributed by atoms with Crippen LogP contribution in [0.4, 0.5) is 4.39 Å². The Balaban J connectivity index is 2.37. The molecular weight excluding hydrogens is 339 g/mol. The van der Waals surface area contributed by atoms with Crippen LogP contribution in [0, 0.1) is 0 Å². The highest BCUT2D eigenvalue weighted by molar-refractivity contribution is 5.17. The molecule has 12 heteroatoms. The molecule has 0 radical (unpaired) electrons.